The second-order valence-electron chi connectivity index (χ2n) is 5.19. The number of anilines is 1. The summed E-state index contributed by atoms with van der Waals surface area (Å²) in [6.07, 6.45) is 2.84. The number of nitrogen functional groups attached to an aromatic ring is 1. The van der Waals surface area contributed by atoms with Crippen molar-refractivity contribution in [2.75, 3.05) is 12.3 Å². The first-order chi connectivity index (χ1) is 7.97. The van der Waals surface area contributed by atoms with Gasteiger partial charge in [-0.1, -0.05) is 6.92 Å². The number of likely N-dealkylation sites (tertiary alicyclic amines) is 1. The van der Waals surface area contributed by atoms with Crippen LogP contribution in [0.3, 0.4) is 0 Å². The van der Waals surface area contributed by atoms with E-state index in [1.807, 2.05) is 11.8 Å². The third-order valence-electron chi connectivity index (χ3n) is 3.59. The van der Waals surface area contributed by atoms with E-state index in [-0.39, 0.29) is 11.4 Å². The summed E-state index contributed by atoms with van der Waals surface area (Å²) in [6, 6.07) is 0. The second-order valence-corrected chi connectivity index (χ2v) is 5.19. The Hall–Kier alpha value is -1.52. The van der Waals surface area contributed by atoms with Gasteiger partial charge >= 0.3 is 0 Å². The lowest BCUT2D eigenvalue weighted by Gasteiger charge is -2.31. The van der Waals surface area contributed by atoms with Crippen LogP contribution in [0.1, 0.15) is 49.8 Å². The molecule has 0 aliphatic carbocycles. The first-order valence-corrected chi connectivity index (χ1v) is 6.12. The summed E-state index contributed by atoms with van der Waals surface area (Å²) in [7, 11) is 0. The maximum Gasteiger partial charge on any atom is 0.276 e. The molecule has 0 aromatic carbocycles. The Morgan fingerprint density at radius 1 is 1.59 bits per heavy atom. The van der Waals surface area contributed by atoms with Crippen molar-refractivity contribution in [3.05, 3.63) is 11.4 Å². The van der Waals surface area contributed by atoms with Crippen LogP contribution in [-0.2, 0) is 6.42 Å². The number of nitrogens with two attached hydrogens (primary N) is 1. The van der Waals surface area contributed by atoms with Gasteiger partial charge in [0.05, 0.1) is 11.4 Å². The summed E-state index contributed by atoms with van der Waals surface area (Å²) >= 11 is 0. The van der Waals surface area contributed by atoms with E-state index in [0.717, 1.165) is 31.5 Å². The summed E-state index contributed by atoms with van der Waals surface area (Å²) < 4.78 is 0. The van der Waals surface area contributed by atoms with E-state index < -0.39 is 0 Å². The number of nitrogens with zero attached hydrogens (tertiary/aromatic N) is 2. The number of H-pyrrole nitrogens is 1. The zero-order valence-corrected chi connectivity index (χ0v) is 10.7. The average molecular weight is 236 g/mol. The standard InChI is InChI=1S/C12H20N4O/c1-4-8-9(13)10(15-14-8)11(17)16-7-5-6-12(16,2)3/h4-7,13H2,1-3H3,(H,14,15). The van der Waals surface area contributed by atoms with Crippen molar-refractivity contribution in [2.24, 2.45) is 0 Å². The molecule has 5 heteroatoms. The Morgan fingerprint density at radius 3 is 2.76 bits per heavy atom. The first-order valence-electron chi connectivity index (χ1n) is 6.12. The highest BCUT2D eigenvalue weighted by atomic mass is 16.2. The van der Waals surface area contributed by atoms with Gasteiger partial charge in [-0.3, -0.25) is 9.89 Å². The smallest absolute Gasteiger partial charge is 0.276 e. The fourth-order valence-electron chi connectivity index (χ4n) is 2.43. The van der Waals surface area contributed by atoms with Crippen molar-refractivity contribution in [2.45, 2.75) is 45.6 Å². The quantitative estimate of drug-likeness (QED) is 0.818. The molecule has 0 atom stereocenters. The lowest BCUT2D eigenvalue weighted by atomic mass is 10.0. The third kappa shape index (κ3) is 1.90. The van der Waals surface area contributed by atoms with E-state index >= 15 is 0 Å². The number of nitrogens with one attached hydrogen (secondary N) is 1. The van der Waals surface area contributed by atoms with Gasteiger partial charge in [0.15, 0.2) is 5.69 Å². The Kier molecular flexibility index (Phi) is 2.85. The molecule has 1 amide bonds. The molecular formula is C12H20N4O. The van der Waals surface area contributed by atoms with E-state index in [9.17, 15) is 4.79 Å². The number of hydrogen-bond acceptors (Lipinski definition) is 3. The van der Waals surface area contributed by atoms with Crippen LogP contribution in [0.25, 0.3) is 0 Å². The van der Waals surface area contributed by atoms with Gasteiger partial charge in [-0.25, -0.2) is 0 Å². The Labute approximate surface area is 101 Å². The van der Waals surface area contributed by atoms with Gasteiger partial charge in [-0.05, 0) is 33.1 Å². The number of amides is 1. The van der Waals surface area contributed by atoms with Crippen LogP contribution >= 0.6 is 0 Å². The summed E-state index contributed by atoms with van der Waals surface area (Å²) in [5, 5.41) is 6.89. The van der Waals surface area contributed by atoms with Gasteiger partial charge in [-0.15, -0.1) is 0 Å². The molecule has 0 unspecified atom stereocenters. The number of rotatable bonds is 2. The van der Waals surface area contributed by atoms with Gasteiger partial charge in [0, 0.05) is 12.1 Å². The minimum Gasteiger partial charge on any atom is -0.395 e. The van der Waals surface area contributed by atoms with Crippen LogP contribution in [0.5, 0.6) is 0 Å². The molecule has 0 radical (unpaired) electrons. The lowest BCUT2D eigenvalue weighted by molar-refractivity contribution is 0.0647. The number of aromatic amines is 1. The summed E-state index contributed by atoms with van der Waals surface area (Å²) in [4.78, 5) is 14.3. The van der Waals surface area contributed by atoms with Crippen LogP contribution in [0.2, 0.25) is 0 Å². The van der Waals surface area contributed by atoms with Gasteiger partial charge in [0.1, 0.15) is 0 Å². The molecule has 2 heterocycles. The molecule has 17 heavy (non-hydrogen) atoms. The van der Waals surface area contributed by atoms with E-state index in [4.69, 9.17) is 5.73 Å². The maximum atomic E-state index is 12.4. The van der Waals surface area contributed by atoms with Crippen LogP contribution < -0.4 is 5.73 Å². The highest BCUT2D eigenvalue weighted by Gasteiger charge is 2.37. The van der Waals surface area contributed by atoms with Crippen molar-refractivity contribution in [3.63, 3.8) is 0 Å². The van der Waals surface area contributed by atoms with Crippen LogP contribution in [0.15, 0.2) is 0 Å². The molecule has 3 N–H and O–H groups in total. The third-order valence-corrected chi connectivity index (χ3v) is 3.59. The molecule has 0 spiro atoms. The summed E-state index contributed by atoms with van der Waals surface area (Å²) in [6.45, 7) is 6.94. The van der Waals surface area contributed by atoms with Crippen LogP contribution in [-0.4, -0.2) is 33.1 Å². The Balaban J connectivity index is 2.28. The molecular weight excluding hydrogens is 216 g/mol. The Bertz CT molecular complexity index is 436. The summed E-state index contributed by atoms with van der Waals surface area (Å²) in [5.41, 5.74) is 7.55. The van der Waals surface area contributed by atoms with Crippen molar-refractivity contribution in [1.29, 1.82) is 0 Å². The highest BCUT2D eigenvalue weighted by molar-refractivity contribution is 5.98. The fraction of sp³-hybridized carbons (Fsp3) is 0.667. The van der Waals surface area contributed by atoms with Crippen LogP contribution in [0.4, 0.5) is 5.69 Å². The zero-order chi connectivity index (χ0) is 12.6. The number of carbonyl (C=O) groups is 1. The van der Waals surface area contributed by atoms with E-state index in [0.29, 0.717) is 11.4 Å². The largest absolute Gasteiger partial charge is 0.395 e. The van der Waals surface area contributed by atoms with Crippen LogP contribution in [0, 0.1) is 0 Å². The monoisotopic (exact) mass is 236 g/mol. The van der Waals surface area contributed by atoms with E-state index in [2.05, 4.69) is 24.0 Å². The van der Waals surface area contributed by atoms with Crippen molar-refractivity contribution in [1.82, 2.24) is 15.1 Å². The molecule has 0 bridgehead atoms. The van der Waals surface area contributed by atoms with E-state index in [1.165, 1.54) is 0 Å². The molecule has 1 aromatic rings. The molecule has 1 aliphatic heterocycles. The van der Waals surface area contributed by atoms with Gasteiger partial charge in [-0.2, -0.15) is 5.10 Å². The minimum absolute atomic E-state index is 0.0547. The average Bonchev–Trinajstić information content (AvgIpc) is 2.80. The normalized spacial score (nSPS) is 18.6. The first kappa shape index (κ1) is 12.0. The lowest BCUT2D eigenvalue weighted by Crippen LogP contribution is -2.43. The molecule has 2 rings (SSSR count). The van der Waals surface area contributed by atoms with Crippen molar-refractivity contribution >= 4 is 11.6 Å². The van der Waals surface area contributed by atoms with Gasteiger partial charge in [0.25, 0.3) is 5.91 Å². The molecule has 1 aliphatic rings. The number of aromatic nitrogens is 2. The minimum atomic E-state index is -0.0884. The molecule has 1 aromatic heterocycles. The predicted octanol–water partition coefficient (Wildman–Crippen LogP) is 1.57. The highest BCUT2D eigenvalue weighted by Crippen LogP contribution is 2.30. The Morgan fingerprint density at radius 2 is 2.29 bits per heavy atom. The van der Waals surface area contributed by atoms with Gasteiger partial charge < -0.3 is 10.6 Å². The predicted molar refractivity (Wildman–Crippen MR) is 66.7 cm³/mol. The summed E-state index contributed by atoms with van der Waals surface area (Å²) in [5.74, 6) is -0.0547. The molecule has 5 nitrogen and oxygen atoms in total. The van der Waals surface area contributed by atoms with E-state index in [1.54, 1.807) is 0 Å². The number of hydrogen-bond donors (Lipinski definition) is 2. The fourth-order valence-corrected chi connectivity index (χ4v) is 2.43. The molecule has 1 fully saturated rings. The topological polar surface area (TPSA) is 75.0 Å². The SMILES string of the molecule is CCc1[nH]nc(C(=O)N2CCCC2(C)C)c1N. The van der Waals surface area contributed by atoms with Gasteiger partial charge in [0.2, 0.25) is 0 Å². The second kappa shape index (κ2) is 4.05. The molecule has 94 valence electrons. The number of carbonyl (C=O) groups excluding carboxylic acids is 1. The molecule has 0 saturated carbocycles. The van der Waals surface area contributed by atoms with Crippen molar-refractivity contribution < 1.29 is 4.79 Å². The maximum absolute atomic E-state index is 12.4. The number of aryl methyl sites for hydroxylation is 1. The zero-order valence-electron chi connectivity index (χ0n) is 10.7. The molecule has 1 saturated heterocycles. The van der Waals surface area contributed by atoms with Crippen molar-refractivity contribution in [3.8, 4) is 0 Å².